The molecule has 0 aromatic heterocycles. The Morgan fingerprint density at radius 1 is 1.35 bits per heavy atom. The highest BCUT2D eigenvalue weighted by Gasteiger charge is 2.30. The Morgan fingerprint density at radius 2 is 2.00 bits per heavy atom. The molecule has 0 N–H and O–H groups in total. The van der Waals surface area contributed by atoms with E-state index < -0.39 is 11.7 Å². The Labute approximate surface area is 104 Å². The van der Waals surface area contributed by atoms with Crippen molar-refractivity contribution in [3.05, 3.63) is 41.0 Å². The van der Waals surface area contributed by atoms with Gasteiger partial charge in [-0.25, -0.2) is 0 Å². The summed E-state index contributed by atoms with van der Waals surface area (Å²) in [6.07, 6.45) is -1.63. The van der Waals surface area contributed by atoms with E-state index in [1.807, 2.05) is 13.0 Å². The van der Waals surface area contributed by atoms with Crippen LogP contribution in [0.1, 0.15) is 30.0 Å². The van der Waals surface area contributed by atoms with Gasteiger partial charge in [0.25, 0.3) is 0 Å². The molecule has 1 aromatic carbocycles. The van der Waals surface area contributed by atoms with Gasteiger partial charge in [0.2, 0.25) is 0 Å². The predicted molar refractivity (Wildman–Crippen MR) is 65.2 cm³/mol. The van der Waals surface area contributed by atoms with E-state index in [2.05, 4.69) is 0 Å². The van der Waals surface area contributed by atoms with E-state index in [-0.39, 0.29) is 0 Å². The molecule has 0 saturated heterocycles. The van der Waals surface area contributed by atoms with Crippen LogP contribution in [0.15, 0.2) is 24.3 Å². The molecule has 0 fully saturated rings. The highest BCUT2D eigenvalue weighted by Crippen LogP contribution is 2.31. The molecule has 0 aliphatic heterocycles. The lowest BCUT2D eigenvalue weighted by Gasteiger charge is -2.11. The minimum atomic E-state index is -4.28. The lowest BCUT2D eigenvalue weighted by molar-refractivity contribution is -0.137. The van der Waals surface area contributed by atoms with E-state index in [0.717, 1.165) is 17.2 Å². The van der Waals surface area contributed by atoms with Crippen molar-refractivity contribution in [2.45, 2.75) is 26.4 Å². The second kappa shape index (κ2) is 5.58. The Bertz CT molecular complexity index is 419. The number of aryl methyl sites for hydroxylation is 1. The van der Waals surface area contributed by atoms with Crippen molar-refractivity contribution in [2.24, 2.45) is 0 Å². The zero-order chi connectivity index (χ0) is 13.1. The first-order valence-corrected chi connectivity index (χ1v) is 5.80. The van der Waals surface area contributed by atoms with Crippen molar-refractivity contribution in [3.8, 4) is 0 Å². The molecule has 0 saturated carbocycles. The fourth-order valence-corrected chi connectivity index (χ4v) is 1.77. The van der Waals surface area contributed by atoms with Crippen LogP contribution in [0.3, 0.4) is 0 Å². The molecule has 0 amide bonds. The van der Waals surface area contributed by atoms with Gasteiger partial charge >= 0.3 is 6.18 Å². The van der Waals surface area contributed by atoms with Crippen LogP contribution in [0, 0.1) is 6.92 Å². The Kier molecular flexibility index (Phi) is 4.63. The monoisotopic (exact) mass is 262 g/mol. The van der Waals surface area contributed by atoms with Gasteiger partial charge < -0.3 is 0 Å². The number of hydrogen-bond donors (Lipinski definition) is 0. The van der Waals surface area contributed by atoms with Gasteiger partial charge in [0, 0.05) is 5.88 Å². The molecule has 4 heteroatoms. The quantitative estimate of drug-likeness (QED) is 0.669. The van der Waals surface area contributed by atoms with E-state index in [1.54, 1.807) is 6.92 Å². The molecule has 94 valence electrons. The second-order valence-corrected chi connectivity index (χ2v) is 4.27. The van der Waals surface area contributed by atoms with Crippen LogP contribution in [0.25, 0.3) is 5.57 Å². The molecule has 0 radical (unpaired) electrons. The van der Waals surface area contributed by atoms with Gasteiger partial charge in [-0.2, -0.15) is 13.2 Å². The molecule has 0 spiro atoms. The van der Waals surface area contributed by atoms with Crippen molar-refractivity contribution in [1.29, 1.82) is 0 Å². The summed E-state index contributed by atoms with van der Waals surface area (Å²) in [5.74, 6) is 0.511. The third kappa shape index (κ3) is 3.77. The maximum absolute atomic E-state index is 12.5. The molecule has 1 aromatic rings. The van der Waals surface area contributed by atoms with Gasteiger partial charge in [0.1, 0.15) is 0 Å². The Balaban J connectivity index is 3.06. The summed E-state index contributed by atoms with van der Waals surface area (Å²) in [7, 11) is 0. The van der Waals surface area contributed by atoms with Crippen LogP contribution in [-0.2, 0) is 6.18 Å². The summed E-state index contributed by atoms with van der Waals surface area (Å²) >= 11 is 5.56. The minimum Gasteiger partial charge on any atom is -0.166 e. The Hall–Kier alpha value is -0.960. The van der Waals surface area contributed by atoms with E-state index in [4.69, 9.17) is 11.6 Å². The van der Waals surface area contributed by atoms with Gasteiger partial charge in [0.05, 0.1) is 5.56 Å². The molecule has 0 heterocycles. The molecule has 0 aliphatic rings. The first-order valence-electron chi connectivity index (χ1n) is 5.27. The standard InChI is InChI=1S/C13H14ClF3/c1-9(4-3-7-14)12-6-5-11(8-10(12)2)13(15,16)17/h4-6,8H,3,7H2,1-2H3/b9-4-. The van der Waals surface area contributed by atoms with Gasteiger partial charge in [0.15, 0.2) is 0 Å². The molecular weight excluding hydrogens is 249 g/mol. The molecule has 0 bridgehead atoms. The topological polar surface area (TPSA) is 0 Å². The first kappa shape index (κ1) is 14.1. The number of allylic oxidation sites excluding steroid dienone is 2. The molecule has 0 nitrogen and oxygen atoms in total. The summed E-state index contributed by atoms with van der Waals surface area (Å²) < 4.78 is 37.4. The summed E-state index contributed by atoms with van der Waals surface area (Å²) in [6.45, 7) is 3.56. The number of alkyl halides is 4. The van der Waals surface area contributed by atoms with Crippen molar-refractivity contribution < 1.29 is 13.2 Å². The lowest BCUT2D eigenvalue weighted by atomic mass is 9.98. The molecule has 17 heavy (non-hydrogen) atoms. The van der Waals surface area contributed by atoms with Crippen LogP contribution in [0.4, 0.5) is 13.2 Å². The van der Waals surface area contributed by atoms with Crippen LogP contribution in [0.2, 0.25) is 0 Å². The summed E-state index contributed by atoms with van der Waals surface area (Å²) in [4.78, 5) is 0. The number of benzene rings is 1. The lowest BCUT2D eigenvalue weighted by Crippen LogP contribution is -2.05. The molecule has 0 unspecified atom stereocenters. The normalized spacial score (nSPS) is 12.9. The SMILES string of the molecule is C/C(=C/CCCl)c1ccc(C(F)(F)F)cc1C. The van der Waals surface area contributed by atoms with Gasteiger partial charge in [-0.1, -0.05) is 12.1 Å². The number of halogens is 4. The highest BCUT2D eigenvalue weighted by atomic mass is 35.5. The summed E-state index contributed by atoms with van der Waals surface area (Å²) in [6, 6.07) is 3.80. The van der Waals surface area contributed by atoms with Gasteiger partial charge in [-0.05, 0) is 49.1 Å². The smallest absolute Gasteiger partial charge is 0.166 e. The van der Waals surface area contributed by atoms with Crippen molar-refractivity contribution >= 4 is 17.2 Å². The zero-order valence-electron chi connectivity index (χ0n) is 9.74. The average molecular weight is 263 g/mol. The van der Waals surface area contributed by atoms with Crippen molar-refractivity contribution in [2.75, 3.05) is 5.88 Å². The highest BCUT2D eigenvalue weighted by molar-refractivity contribution is 6.17. The van der Waals surface area contributed by atoms with Crippen molar-refractivity contribution in [1.82, 2.24) is 0 Å². The summed E-state index contributed by atoms with van der Waals surface area (Å²) in [5, 5.41) is 0. The Morgan fingerprint density at radius 3 is 2.47 bits per heavy atom. The largest absolute Gasteiger partial charge is 0.416 e. The third-order valence-electron chi connectivity index (χ3n) is 2.54. The maximum atomic E-state index is 12.5. The molecule has 1 rings (SSSR count). The first-order chi connectivity index (χ1) is 7.86. The number of rotatable bonds is 3. The summed E-state index contributed by atoms with van der Waals surface area (Å²) in [5.41, 5.74) is 1.81. The van der Waals surface area contributed by atoms with E-state index in [1.165, 1.54) is 12.1 Å². The van der Waals surface area contributed by atoms with Crippen molar-refractivity contribution in [3.63, 3.8) is 0 Å². The van der Waals surface area contributed by atoms with E-state index >= 15 is 0 Å². The minimum absolute atomic E-state index is 0.511. The van der Waals surface area contributed by atoms with Crippen LogP contribution in [-0.4, -0.2) is 5.88 Å². The van der Waals surface area contributed by atoms with E-state index in [9.17, 15) is 13.2 Å². The molecule has 0 aliphatic carbocycles. The fourth-order valence-electron chi connectivity index (χ4n) is 1.66. The predicted octanol–water partition coefficient (Wildman–Crippen LogP) is 5.05. The van der Waals surface area contributed by atoms with Crippen LogP contribution < -0.4 is 0 Å². The molecule has 0 atom stereocenters. The second-order valence-electron chi connectivity index (χ2n) is 3.89. The van der Waals surface area contributed by atoms with Crippen LogP contribution in [0.5, 0.6) is 0 Å². The maximum Gasteiger partial charge on any atom is 0.416 e. The van der Waals surface area contributed by atoms with Gasteiger partial charge in [-0.15, -0.1) is 11.6 Å². The van der Waals surface area contributed by atoms with Crippen LogP contribution >= 0.6 is 11.6 Å². The average Bonchev–Trinajstić information content (AvgIpc) is 2.24. The molecular formula is C13H14ClF3. The fraction of sp³-hybridized carbons (Fsp3) is 0.385. The van der Waals surface area contributed by atoms with Gasteiger partial charge in [-0.3, -0.25) is 0 Å². The third-order valence-corrected chi connectivity index (χ3v) is 2.76. The number of hydrogen-bond acceptors (Lipinski definition) is 0. The zero-order valence-corrected chi connectivity index (χ0v) is 10.5. The van der Waals surface area contributed by atoms with E-state index in [0.29, 0.717) is 17.9 Å².